The Morgan fingerprint density at radius 3 is 2.54 bits per heavy atom. The molecule has 0 atom stereocenters. The number of amides is 1. The third kappa shape index (κ3) is 5.03. The van der Waals surface area contributed by atoms with Gasteiger partial charge < -0.3 is 5.32 Å². The van der Waals surface area contributed by atoms with Gasteiger partial charge >= 0.3 is 0 Å². The summed E-state index contributed by atoms with van der Waals surface area (Å²) in [6.45, 7) is 3.06. The molecular weight excluding hydrogens is 326 g/mol. The lowest BCUT2D eigenvalue weighted by atomic mass is 9.93. The van der Waals surface area contributed by atoms with E-state index in [9.17, 15) is 13.2 Å². The molecule has 1 aromatic carbocycles. The third-order valence-corrected chi connectivity index (χ3v) is 6.38. The highest BCUT2D eigenvalue weighted by Gasteiger charge is 2.29. The number of piperidine rings is 1. The molecule has 1 N–H and O–H groups in total. The summed E-state index contributed by atoms with van der Waals surface area (Å²) in [5, 5.41) is 2.92. The number of nitrogens with one attached hydrogen (secondary N) is 1. The molecule has 0 aromatic heterocycles. The first kappa shape index (κ1) is 18.9. The molecule has 0 bridgehead atoms. The molecule has 1 fully saturated rings. The highest BCUT2D eigenvalue weighted by molar-refractivity contribution is 7.86. The normalized spacial score (nSPS) is 17.2. The number of anilines is 1. The van der Waals surface area contributed by atoms with E-state index in [-0.39, 0.29) is 5.91 Å². The van der Waals surface area contributed by atoms with Gasteiger partial charge in [0, 0.05) is 39.3 Å². The Labute approximate surface area is 145 Å². The highest BCUT2D eigenvalue weighted by atomic mass is 32.2. The van der Waals surface area contributed by atoms with E-state index in [2.05, 4.69) is 5.32 Å². The summed E-state index contributed by atoms with van der Waals surface area (Å²) in [5.41, 5.74) is 1.94. The van der Waals surface area contributed by atoms with E-state index >= 15 is 0 Å². The zero-order chi connectivity index (χ0) is 17.7. The summed E-state index contributed by atoms with van der Waals surface area (Å²) < 4.78 is 26.9. The number of rotatable bonds is 6. The van der Waals surface area contributed by atoms with Crippen LogP contribution in [-0.4, -0.2) is 50.1 Å². The minimum atomic E-state index is -3.31. The average molecular weight is 353 g/mol. The fraction of sp³-hybridized carbons (Fsp3) is 0.588. The molecule has 1 aliphatic rings. The number of carbonyl (C=O) groups is 1. The van der Waals surface area contributed by atoms with Crippen molar-refractivity contribution in [3.8, 4) is 0 Å². The molecule has 1 saturated heterocycles. The van der Waals surface area contributed by atoms with Crippen molar-refractivity contribution in [2.24, 2.45) is 5.92 Å². The van der Waals surface area contributed by atoms with Gasteiger partial charge in [-0.05, 0) is 49.8 Å². The van der Waals surface area contributed by atoms with E-state index in [0.29, 0.717) is 25.4 Å². The van der Waals surface area contributed by atoms with Crippen molar-refractivity contribution in [2.45, 2.75) is 32.6 Å². The molecule has 2 rings (SSSR count). The van der Waals surface area contributed by atoms with Crippen LogP contribution in [0.5, 0.6) is 0 Å². The second-order valence-electron chi connectivity index (χ2n) is 6.59. The third-order valence-electron chi connectivity index (χ3n) is 4.44. The van der Waals surface area contributed by atoms with Crippen molar-refractivity contribution in [1.29, 1.82) is 0 Å². The van der Waals surface area contributed by atoms with Gasteiger partial charge in [0.1, 0.15) is 0 Å². The zero-order valence-corrected chi connectivity index (χ0v) is 15.5. The number of hydrogen-bond donors (Lipinski definition) is 1. The predicted octanol–water partition coefficient (Wildman–Crippen LogP) is 2.23. The first-order valence-corrected chi connectivity index (χ1v) is 9.73. The molecule has 1 aliphatic heterocycles. The van der Waals surface area contributed by atoms with Crippen molar-refractivity contribution in [1.82, 2.24) is 8.61 Å². The average Bonchev–Trinajstić information content (AvgIpc) is 2.53. The maximum atomic E-state index is 12.1. The minimum absolute atomic E-state index is 0.0175. The van der Waals surface area contributed by atoms with Crippen molar-refractivity contribution < 1.29 is 13.2 Å². The molecule has 1 heterocycles. The Balaban J connectivity index is 1.75. The molecule has 0 radical (unpaired) electrons. The van der Waals surface area contributed by atoms with Crippen molar-refractivity contribution >= 4 is 21.8 Å². The van der Waals surface area contributed by atoms with E-state index in [1.807, 2.05) is 31.2 Å². The van der Waals surface area contributed by atoms with Crippen LogP contribution in [-0.2, 0) is 15.0 Å². The van der Waals surface area contributed by atoms with E-state index in [1.165, 1.54) is 8.61 Å². The van der Waals surface area contributed by atoms with Crippen molar-refractivity contribution in [3.63, 3.8) is 0 Å². The molecular formula is C17H27N3O3S. The molecule has 0 aliphatic carbocycles. The first-order chi connectivity index (χ1) is 11.3. The Morgan fingerprint density at radius 2 is 1.96 bits per heavy atom. The standard InChI is InChI=1S/C17H27N3O3S/c1-14-5-4-6-16(13-14)18-17(21)8-7-15-9-11-20(12-10-15)24(22,23)19(2)3/h4-6,13,15H,7-12H2,1-3H3,(H,18,21). The summed E-state index contributed by atoms with van der Waals surface area (Å²) in [6, 6.07) is 7.75. The Kier molecular flexibility index (Phi) is 6.37. The second-order valence-corrected chi connectivity index (χ2v) is 8.73. The molecule has 24 heavy (non-hydrogen) atoms. The number of benzene rings is 1. The predicted molar refractivity (Wildman–Crippen MR) is 95.9 cm³/mol. The Morgan fingerprint density at radius 1 is 1.29 bits per heavy atom. The Bertz CT molecular complexity index is 665. The first-order valence-electron chi connectivity index (χ1n) is 8.33. The van der Waals surface area contributed by atoms with Gasteiger partial charge in [0.25, 0.3) is 10.2 Å². The summed E-state index contributed by atoms with van der Waals surface area (Å²) in [4.78, 5) is 12.1. The number of aryl methyl sites for hydroxylation is 1. The Hall–Kier alpha value is -1.44. The quantitative estimate of drug-likeness (QED) is 0.853. The van der Waals surface area contributed by atoms with E-state index in [4.69, 9.17) is 0 Å². The molecule has 6 nitrogen and oxygen atoms in total. The van der Waals surface area contributed by atoms with Gasteiger partial charge in [-0.1, -0.05) is 12.1 Å². The molecule has 0 unspecified atom stereocenters. The maximum Gasteiger partial charge on any atom is 0.281 e. The van der Waals surface area contributed by atoms with Crippen LogP contribution in [0.25, 0.3) is 0 Å². The van der Waals surface area contributed by atoms with E-state index < -0.39 is 10.2 Å². The molecule has 0 spiro atoms. The summed E-state index contributed by atoms with van der Waals surface area (Å²) in [7, 11) is -0.207. The summed E-state index contributed by atoms with van der Waals surface area (Å²) in [6.07, 6.45) is 2.89. The van der Waals surface area contributed by atoms with Crippen LogP contribution in [0.1, 0.15) is 31.2 Å². The van der Waals surface area contributed by atoms with Gasteiger partial charge in [0.2, 0.25) is 5.91 Å². The van der Waals surface area contributed by atoms with E-state index in [1.54, 1.807) is 14.1 Å². The number of nitrogens with zero attached hydrogens (tertiary/aromatic N) is 2. The molecule has 0 saturated carbocycles. The second kappa shape index (κ2) is 8.09. The van der Waals surface area contributed by atoms with Crippen LogP contribution >= 0.6 is 0 Å². The maximum absolute atomic E-state index is 12.1. The van der Waals surface area contributed by atoms with Gasteiger partial charge in [0.05, 0.1) is 0 Å². The summed E-state index contributed by atoms with van der Waals surface area (Å²) >= 11 is 0. The fourth-order valence-electron chi connectivity index (χ4n) is 2.94. The van der Waals surface area contributed by atoms with Crippen LogP contribution in [0.3, 0.4) is 0 Å². The molecule has 134 valence electrons. The van der Waals surface area contributed by atoms with Crippen LogP contribution in [0.4, 0.5) is 5.69 Å². The lowest BCUT2D eigenvalue weighted by Gasteiger charge is -2.32. The van der Waals surface area contributed by atoms with Gasteiger partial charge in [-0.2, -0.15) is 17.0 Å². The lowest BCUT2D eigenvalue weighted by Crippen LogP contribution is -2.44. The zero-order valence-electron chi connectivity index (χ0n) is 14.7. The van der Waals surface area contributed by atoms with Gasteiger partial charge in [-0.3, -0.25) is 4.79 Å². The smallest absolute Gasteiger partial charge is 0.281 e. The fourth-order valence-corrected chi connectivity index (χ4v) is 4.08. The van der Waals surface area contributed by atoms with Crippen LogP contribution in [0.2, 0.25) is 0 Å². The molecule has 1 aromatic rings. The highest BCUT2D eigenvalue weighted by Crippen LogP contribution is 2.24. The minimum Gasteiger partial charge on any atom is -0.326 e. The van der Waals surface area contributed by atoms with Gasteiger partial charge in [-0.15, -0.1) is 0 Å². The van der Waals surface area contributed by atoms with Crippen LogP contribution < -0.4 is 5.32 Å². The van der Waals surface area contributed by atoms with Crippen LogP contribution in [0.15, 0.2) is 24.3 Å². The summed E-state index contributed by atoms with van der Waals surface area (Å²) in [5.74, 6) is 0.422. The topological polar surface area (TPSA) is 69.7 Å². The van der Waals surface area contributed by atoms with Gasteiger partial charge in [0.15, 0.2) is 0 Å². The number of carbonyl (C=O) groups excluding carboxylic acids is 1. The monoisotopic (exact) mass is 353 g/mol. The largest absolute Gasteiger partial charge is 0.326 e. The van der Waals surface area contributed by atoms with E-state index in [0.717, 1.165) is 30.5 Å². The molecule has 1 amide bonds. The van der Waals surface area contributed by atoms with Crippen molar-refractivity contribution in [2.75, 3.05) is 32.5 Å². The van der Waals surface area contributed by atoms with Crippen molar-refractivity contribution in [3.05, 3.63) is 29.8 Å². The lowest BCUT2D eigenvalue weighted by molar-refractivity contribution is -0.116. The number of hydrogen-bond acceptors (Lipinski definition) is 3. The SMILES string of the molecule is Cc1cccc(NC(=O)CCC2CCN(S(=O)(=O)N(C)C)CC2)c1. The van der Waals surface area contributed by atoms with Crippen LogP contribution in [0, 0.1) is 12.8 Å². The van der Waals surface area contributed by atoms with Gasteiger partial charge in [-0.25, -0.2) is 0 Å². The molecule has 7 heteroatoms.